The molecule has 0 heterocycles. The third-order valence-electron chi connectivity index (χ3n) is 3.97. The lowest BCUT2D eigenvalue weighted by atomic mass is 10.2. The summed E-state index contributed by atoms with van der Waals surface area (Å²) in [6.07, 6.45) is 0.295. The molecule has 1 amide bonds. The van der Waals surface area contributed by atoms with Gasteiger partial charge in [0.15, 0.2) is 5.75 Å². The van der Waals surface area contributed by atoms with E-state index in [2.05, 4.69) is 10.6 Å². The summed E-state index contributed by atoms with van der Waals surface area (Å²) < 4.78 is 11.0. The minimum absolute atomic E-state index is 0.115. The molecule has 144 valence electrons. The van der Waals surface area contributed by atoms with Crippen LogP contribution in [-0.4, -0.2) is 19.6 Å². The van der Waals surface area contributed by atoms with Crippen LogP contribution in [0.5, 0.6) is 17.2 Å². The lowest BCUT2D eigenvalue weighted by Crippen LogP contribution is -2.16. The van der Waals surface area contributed by atoms with E-state index in [4.69, 9.17) is 21.1 Å². The highest BCUT2D eigenvalue weighted by atomic mass is 35.5. The Bertz CT molecular complexity index is 932. The van der Waals surface area contributed by atoms with E-state index in [9.17, 15) is 4.79 Å². The number of anilines is 2. The van der Waals surface area contributed by atoms with Crippen LogP contribution in [0.2, 0.25) is 5.02 Å². The van der Waals surface area contributed by atoms with Gasteiger partial charge in [0.1, 0.15) is 11.5 Å². The van der Waals surface area contributed by atoms with Crippen molar-refractivity contribution >= 4 is 28.9 Å². The molecular formula is C22H21ClN2O3. The number of para-hydroxylation sites is 3. The molecular weight excluding hydrogens is 376 g/mol. The van der Waals surface area contributed by atoms with Crippen LogP contribution in [0.1, 0.15) is 6.42 Å². The van der Waals surface area contributed by atoms with Gasteiger partial charge in [0, 0.05) is 18.7 Å². The number of carbonyl (C=O) groups is 1. The lowest BCUT2D eigenvalue weighted by Gasteiger charge is -2.13. The summed E-state index contributed by atoms with van der Waals surface area (Å²) in [6, 6.07) is 22.2. The monoisotopic (exact) mass is 396 g/mol. The van der Waals surface area contributed by atoms with Crippen LogP contribution in [-0.2, 0) is 4.79 Å². The van der Waals surface area contributed by atoms with Gasteiger partial charge in [0.25, 0.3) is 0 Å². The van der Waals surface area contributed by atoms with Crippen molar-refractivity contribution in [2.45, 2.75) is 6.42 Å². The van der Waals surface area contributed by atoms with Crippen molar-refractivity contribution in [2.24, 2.45) is 0 Å². The van der Waals surface area contributed by atoms with E-state index in [-0.39, 0.29) is 5.91 Å². The topological polar surface area (TPSA) is 59.6 Å². The van der Waals surface area contributed by atoms with Crippen LogP contribution in [0.3, 0.4) is 0 Å². The molecule has 5 nitrogen and oxygen atoms in total. The average molecular weight is 397 g/mol. The summed E-state index contributed by atoms with van der Waals surface area (Å²) in [7, 11) is 1.57. The first-order valence-corrected chi connectivity index (χ1v) is 9.22. The second-order valence-corrected chi connectivity index (χ2v) is 6.39. The van der Waals surface area contributed by atoms with Gasteiger partial charge >= 0.3 is 0 Å². The Morgan fingerprint density at radius 3 is 2.46 bits per heavy atom. The fourth-order valence-corrected chi connectivity index (χ4v) is 2.84. The van der Waals surface area contributed by atoms with E-state index in [0.717, 1.165) is 5.69 Å². The second kappa shape index (κ2) is 9.67. The van der Waals surface area contributed by atoms with E-state index in [1.165, 1.54) is 0 Å². The smallest absolute Gasteiger partial charge is 0.226 e. The molecule has 0 aliphatic rings. The number of hydrogen-bond donors (Lipinski definition) is 2. The van der Waals surface area contributed by atoms with Crippen molar-refractivity contribution in [1.29, 1.82) is 0 Å². The Morgan fingerprint density at radius 1 is 0.964 bits per heavy atom. The fraction of sp³-hybridized carbons (Fsp3) is 0.136. The van der Waals surface area contributed by atoms with Gasteiger partial charge < -0.3 is 20.1 Å². The van der Waals surface area contributed by atoms with E-state index >= 15 is 0 Å². The number of rotatable bonds is 8. The predicted octanol–water partition coefficient (Wildman–Crippen LogP) is 5.58. The van der Waals surface area contributed by atoms with Crippen molar-refractivity contribution in [1.82, 2.24) is 0 Å². The van der Waals surface area contributed by atoms with Gasteiger partial charge in [-0.05, 0) is 42.5 Å². The molecule has 28 heavy (non-hydrogen) atoms. The fourth-order valence-electron chi connectivity index (χ4n) is 2.58. The molecule has 3 rings (SSSR count). The molecule has 6 heteroatoms. The Kier molecular flexibility index (Phi) is 6.76. The summed E-state index contributed by atoms with van der Waals surface area (Å²) in [6.45, 7) is 0.468. The third-order valence-corrected chi connectivity index (χ3v) is 4.26. The van der Waals surface area contributed by atoms with Gasteiger partial charge in [0.2, 0.25) is 5.91 Å². The third kappa shape index (κ3) is 5.41. The van der Waals surface area contributed by atoms with E-state index < -0.39 is 0 Å². The number of benzene rings is 3. The summed E-state index contributed by atoms with van der Waals surface area (Å²) in [5.41, 5.74) is 1.45. The first-order valence-electron chi connectivity index (χ1n) is 8.85. The Balaban J connectivity index is 1.54. The normalized spacial score (nSPS) is 10.2. The van der Waals surface area contributed by atoms with Crippen LogP contribution in [0.4, 0.5) is 11.4 Å². The molecule has 2 N–H and O–H groups in total. The van der Waals surface area contributed by atoms with E-state index in [0.29, 0.717) is 40.9 Å². The molecule has 0 atom stereocenters. The minimum Gasteiger partial charge on any atom is -0.495 e. The average Bonchev–Trinajstić information content (AvgIpc) is 2.70. The van der Waals surface area contributed by atoms with Crippen LogP contribution in [0.15, 0.2) is 72.8 Å². The number of hydrogen-bond acceptors (Lipinski definition) is 4. The van der Waals surface area contributed by atoms with Crippen LogP contribution in [0.25, 0.3) is 0 Å². The molecule has 0 aromatic heterocycles. The Labute approximate surface area is 169 Å². The first kappa shape index (κ1) is 19.6. The molecule has 0 radical (unpaired) electrons. The van der Waals surface area contributed by atoms with Gasteiger partial charge in [-0.1, -0.05) is 41.9 Å². The highest BCUT2D eigenvalue weighted by molar-refractivity contribution is 6.32. The summed E-state index contributed by atoms with van der Waals surface area (Å²) in [4.78, 5) is 12.3. The molecule has 0 unspecified atom stereocenters. The maximum absolute atomic E-state index is 12.3. The van der Waals surface area contributed by atoms with Crippen molar-refractivity contribution in [3.05, 3.63) is 77.8 Å². The highest BCUT2D eigenvalue weighted by Gasteiger charge is 2.09. The van der Waals surface area contributed by atoms with Crippen LogP contribution >= 0.6 is 11.6 Å². The molecule has 0 aliphatic heterocycles. The zero-order valence-corrected chi connectivity index (χ0v) is 16.2. The summed E-state index contributed by atoms with van der Waals surface area (Å²) in [5.74, 6) is 1.80. The summed E-state index contributed by atoms with van der Waals surface area (Å²) in [5, 5.41) is 6.59. The SMILES string of the molecule is COc1ccc(NCCC(=O)Nc2ccccc2Oc2ccccc2)cc1Cl. The van der Waals surface area contributed by atoms with Crippen molar-refractivity contribution in [2.75, 3.05) is 24.3 Å². The molecule has 0 fully saturated rings. The number of carbonyl (C=O) groups excluding carboxylic acids is 1. The predicted molar refractivity (Wildman–Crippen MR) is 113 cm³/mol. The maximum atomic E-state index is 12.3. The molecule has 0 saturated heterocycles. The standard InChI is InChI=1S/C22H21ClN2O3/c1-27-20-12-11-16(15-18(20)23)24-14-13-22(26)25-19-9-5-6-10-21(19)28-17-7-3-2-4-8-17/h2-12,15,24H,13-14H2,1H3,(H,25,26). The van der Waals surface area contributed by atoms with Gasteiger partial charge in [-0.2, -0.15) is 0 Å². The Hall–Kier alpha value is -3.18. The molecule has 0 aliphatic carbocycles. The zero-order valence-electron chi connectivity index (χ0n) is 15.4. The van der Waals surface area contributed by atoms with Crippen molar-refractivity contribution in [3.8, 4) is 17.2 Å². The van der Waals surface area contributed by atoms with Crippen LogP contribution in [0, 0.1) is 0 Å². The Morgan fingerprint density at radius 2 is 1.71 bits per heavy atom. The maximum Gasteiger partial charge on any atom is 0.226 e. The van der Waals surface area contributed by atoms with Gasteiger partial charge in [-0.15, -0.1) is 0 Å². The number of nitrogens with one attached hydrogen (secondary N) is 2. The molecule has 3 aromatic rings. The summed E-state index contributed by atoms with van der Waals surface area (Å²) >= 11 is 6.10. The van der Waals surface area contributed by atoms with Gasteiger partial charge in [-0.3, -0.25) is 4.79 Å². The van der Waals surface area contributed by atoms with Gasteiger partial charge in [0.05, 0.1) is 17.8 Å². The van der Waals surface area contributed by atoms with E-state index in [1.807, 2.05) is 60.7 Å². The largest absolute Gasteiger partial charge is 0.495 e. The molecule has 0 bridgehead atoms. The van der Waals surface area contributed by atoms with E-state index in [1.54, 1.807) is 19.2 Å². The number of halogens is 1. The lowest BCUT2D eigenvalue weighted by molar-refractivity contribution is -0.116. The van der Waals surface area contributed by atoms with Gasteiger partial charge in [-0.25, -0.2) is 0 Å². The second-order valence-electron chi connectivity index (χ2n) is 5.99. The van der Waals surface area contributed by atoms with Crippen molar-refractivity contribution < 1.29 is 14.3 Å². The number of methoxy groups -OCH3 is 1. The number of ether oxygens (including phenoxy) is 2. The molecule has 0 spiro atoms. The van der Waals surface area contributed by atoms with Crippen molar-refractivity contribution in [3.63, 3.8) is 0 Å². The van der Waals surface area contributed by atoms with Crippen LogP contribution < -0.4 is 20.1 Å². The minimum atomic E-state index is -0.115. The highest BCUT2D eigenvalue weighted by Crippen LogP contribution is 2.29. The molecule has 3 aromatic carbocycles. The zero-order chi connectivity index (χ0) is 19.8. The molecule has 0 saturated carbocycles. The number of amides is 1. The quantitative estimate of drug-likeness (QED) is 0.521. The first-order chi connectivity index (χ1) is 13.7.